The standard InChI is InChI=1S/C15H23N3/c1-4-11-18(12-5-1)15-13(7-6-10-17-15)14-8-2-3-9-16-14/h6-7,10,14,16H,1-5,8-9,11-12H2/t14-/m0/s1. The fourth-order valence-corrected chi connectivity index (χ4v) is 3.17. The van der Waals surface area contributed by atoms with Crippen molar-refractivity contribution in [1.29, 1.82) is 0 Å². The van der Waals surface area contributed by atoms with Gasteiger partial charge in [-0.25, -0.2) is 4.98 Å². The lowest BCUT2D eigenvalue weighted by molar-refractivity contribution is 0.410. The van der Waals surface area contributed by atoms with Crippen LogP contribution in [0, 0.1) is 0 Å². The van der Waals surface area contributed by atoms with Crippen LogP contribution in [0.4, 0.5) is 5.82 Å². The molecule has 1 aromatic heterocycles. The highest BCUT2D eigenvalue weighted by Gasteiger charge is 2.22. The van der Waals surface area contributed by atoms with Gasteiger partial charge in [0.2, 0.25) is 0 Å². The van der Waals surface area contributed by atoms with Crippen molar-refractivity contribution >= 4 is 5.82 Å². The Kier molecular flexibility index (Phi) is 3.79. The summed E-state index contributed by atoms with van der Waals surface area (Å²) in [4.78, 5) is 7.14. The molecule has 3 heteroatoms. The highest BCUT2D eigenvalue weighted by Crippen LogP contribution is 2.30. The lowest BCUT2D eigenvalue weighted by atomic mass is 9.97. The number of aromatic nitrogens is 1. The normalized spacial score (nSPS) is 25.1. The number of rotatable bonds is 2. The van der Waals surface area contributed by atoms with E-state index in [9.17, 15) is 0 Å². The molecule has 3 nitrogen and oxygen atoms in total. The summed E-state index contributed by atoms with van der Waals surface area (Å²) in [7, 11) is 0. The largest absolute Gasteiger partial charge is 0.356 e. The topological polar surface area (TPSA) is 28.2 Å². The molecule has 0 saturated carbocycles. The first-order valence-electron chi connectivity index (χ1n) is 7.38. The van der Waals surface area contributed by atoms with E-state index in [0.717, 1.165) is 6.54 Å². The third-order valence-electron chi connectivity index (χ3n) is 4.16. The first-order chi connectivity index (χ1) is 8.95. The molecule has 0 aromatic carbocycles. The van der Waals surface area contributed by atoms with E-state index in [0.29, 0.717) is 6.04 Å². The number of hydrogen-bond acceptors (Lipinski definition) is 3. The van der Waals surface area contributed by atoms with Crippen LogP contribution in [0.5, 0.6) is 0 Å². The van der Waals surface area contributed by atoms with Gasteiger partial charge in [0, 0.05) is 30.9 Å². The van der Waals surface area contributed by atoms with Crippen LogP contribution in [-0.2, 0) is 0 Å². The first kappa shape index (κ1) is 12.0. The van der Waals surface area contributed by atoms with Crippen LogP contribution in [0.25, 0.3) is 0 Å². The van der Waals surface area contributed by atoms with Gasteiger partial charge in [0.05, 0.1) is 0 Å². The van der Waals surface area contributed by atoms with E-state index in [-0.39, 0.29) is 0 Å². The molecule has 0 spiro atoms. The van der Waals surface area contributed by atoms with Gasteiger partial charge in [-0.15, -0.1) is 0 Å². The van der Waals surface area contributed by atoms with Crippen LogP contribution >= 0.6 is 0 Å². The summed E-state index contributed by atoms with van der Waals surface area (Å²) in [6.45, 7) is 3.51. The highest BCUT2D eigenvalue weighted by atomic mass is 15.2. The summed E-state index contributed by atoms with van der Waals surface area (Å²) < 4.78 is 0. The van der Waals surface area contributed by atoms with E-state index >= 15 is 0 Å². The van der Waals surface area contributed by atoms with Crippen LogP contribution < -0.4 is 10.2 Å². The van der Waals surface area contributed by atoms with Crippen molar-refractivity contribution in [3.8, 4) is 0 Å². The fraction of sp³-hybridized carbons (Fsp3) is 0.667. The second-order valence-electron chi connectivity index (χ2n) is 5.47. The minimum Gasteiger partial charge on any atom is -0.356 e. The van der Waals surface area contributed by atoms with E-state index < -0.39 is 0 Å². The van der Waals surface area contributed by atoms with Crippen LogP contribution in [-0.4, -0.2) is 24.6 Å². The van der Waals surface area contributed by atoms with Crippen molar-refractivity contribution in [2.75, 3.05) is 24.5 Å². The molecule has 0 bridgehead atoms. The van der Waals surface area contributed by atoms with Crippen molar-refractivity contribution in [1.82, 2.24) is 10.3 Å². The lowest BCUT2D eigenvalue weighted by Gasteiger charge is -2.32. The Hall–Kier alpha value is -1.09. The Morgan fingerprint density at radius 1 is 1.11 bits per heavy atom. The lowest BCUT2D eigenvalue weighted by Crippen LogP contribution is -2.34. The molecular weight excluding hydrogens is 222 g/mol. The molecule has 3 rings (SSSR count). The Morgan fingerprint density at radius 2 is 2.00 bits per heavy atom. The molecule has 0 aliphatic carbocycles. The summed E-state index contributed by atoms with van der Waals surface area (Å²) >= 11 is 0. The summed E-state index contributed by atoms with van der Waals surface area (Å²) in [5.74, 6) is 1.23. The summed E-state index contributed by atoms with van der Waals surface area (Å²) in [6, 6.07) is 4.86. The molecule has 1 N–H and O–H groups in total. The minimum absolute atomic E-state index is 0.518. The maximum atomic E-state index is 4.66. The molecule has 2 saturated heterocycles. The van der Waals surface area contributed by atoms with E-state index in [4.69, 9.17) is 0 Å². The van der Waals surface area contributed by atoms with Crippen LogP contribution in [0.15, 0.2) is 18.3 Å². The van der Waals surface area contributed by atoms with Crippen molar-refractivity contribution in [2.24, 2.45) is 0 Å². The van der Waals surface area contributed by atoms with Gasteiger partial charge < -0.3 is 10.2 Å². The molecule has 0 radical (unpaired) electrons. The molecule has 2 aliphatic heterocycles. The molecule has 2 aliphatic rings. The van der Waals surface area contributed by atoms with Crippen molar-refractivity contribution in [3.63, 3.8) is 0 Å². The van der Waals surface area contributed by atoms with E-state index in [1.807, 2.05) is 6.20 Å². The third kappa shape index (κ3) is 2.51. The van der Waals surface area contributed by atoms with Gasteiger partial charge in [-0.3, -0.25) is 0 Å². The predicted molar refractivity (Wildman–Crippen MR) is 74.9 cm³/mol. The van der Waals surface area contributed by atoms with Crippen LogP contribution in [0.1, 0.15) is 50.1 Å². The van der Waals surface area contributed by atoms with Crippen LogP contribution in [0.2, 0.25) is 0 Å². The number of nitrogens with one attached hydrogen (secondary N) is 1. The zero-order valence-electron chi connectivity index (χ0n) is 11.1. The number of piperidine rings is 2. The van der Waals surface area contributed by atoms with E-state index in [2.05, 4.69) is 27.3 Å². The second-order valence-corrected chi connectivity index (χ2v) is 5.47. The number of nitrogens with zero attached hydrogens (tertiary/aromatic N) is 2. The molecular formula is C15H23N3. The number of hydrogen-bond donors (Lipinski definition) is 1. The Labute approximate surface area is 110 Å². The van der Waals surface area contributed by atoms with Crippen molar-refractivity contribution in [2.45, 2.75) is 44.6 Å². The van der Waals surface area contributed by atoms with Gasteiger partial charge in [-0.2, -0.15) is 0 Å². The Morgan fingerprint density at radius 3 is 2.78 bits per heavy atom. The maximum Gasteiger partial charge on any atom is 0.133 e. The van der Waals surface area contributed by atoms with Gasteiger partial charge in [-0.05, 0) is 44.7 Å². The zero-order chi connectivity index (χ0) is 12.2. The molecule has 2 fully saturated rings. The highest BCUT2D eigenvalue weighted by molar-refractivity contribution is 5.48. The van der Waals surface area contributed by atoms with Crippen molar-refractivity contribution < 1.29 is 0 Å². The first-order valence-corrected chi connectivity index (χ1v) is 7.38. The third-order valence-corrected chi connectivity index (χ3v) is 4.16. The molecule has 18 heavy (non-hydrogen) atoms. The predicted octanol–water partition coefficient (Wildman–Crippen LogP) is 2.89. The minimum atomic E-state index is 0.518. The fourth-order valence-electron chi connectivity index (χ4n) is 3.17. The summed E-state index contributed by atoms with van der Waals surface area (Å²) in [5.41, 5.74) is 1.42. The molecule has 3 heterocycles. The molecule has 98 valence electrons. The summed E-state index contributed by atoms with van der Waals surface area (Å²) in [5, 5.41) is 3.65. The average molecular weight is 245 g/mol. The molecule has 1 aromatic rings. The van der Waals surface area contributed by atoms with Gasteiger partial charge >= 0.3 is 0 Å². The Balaban J connectivity index is 1.83. The van der Waals surface area contributed by atoms with Gasteiger partial charge in [0.15, 0.2) is 0 Å². The average Bonchev–Trinajstić information content (AvgIpc) is 2.49. The van der Waals surface area contributed by atoms with Gasteiger partial charge in [0.1, 0.15) is 5.82 Å². The van der Waals surface area contributed by atoms with Crippen molar-refractivity contribution in [3.05, 3.63) is 23.9 Å². The smallest absolute Gasteiger partial charge is 0.133 e. The number of pyridine rings is 1. The molecule has 0 unspecified atom stereocenters. The molecule has 1 atom stereocenters. The SMILES string of the molecule is c1cnc(N2CCCCC2)c([C@@H]2CCCCN2)c1. The number of anilines is 1. The quantitative estimate of drug-likeness (QED) is 0.868. The summed E-state index contributed by atoms with van der Waals surface area (Å²) in [6.07, 6.45) is 9.85. The maximum absolute atomic E-state index is 4.66. The monoisotopic (exact) mass is 245 g/mol. The van der Waals surface area contributed by atoms with Gasteiger partial charge in [-0.1, -0.05) is 12.5 Å². The second kappa shape index (κ2) is 5.70. The van der Waals surface area contributed by atoms with Crippen LogP contribution in [0.3, 0.4) is 0 Å². The van der Waals surface area contributed by atoms with E-state index in [1.165, 1.54) is 63.0 Å². The molecule has 0 amide bonds. The Bertz CT molecular complexity index is 342. The van der Waals surface area contributed by atoms with E-state index in [1.54, 1.807) is 0 Å². The zero-order valence-corrected chi connectivity index (χ0v) is 11.1. The van der Waals surface area contributed by atoms with Gasteiger partial charge in [0.25, 0.3) is 0 Å².